The molecule has 1 aromatic rings. The van der Waals surface area contributed by atoms with Crippen molar-refractivity contribution < 1.29 is 4.79 Å². The van der Waals surface area contributed by atoms with E-state index in [1.807, 2.05) is 31.3 Å². The summed E-state index contributed by atoms with van der Waals surface area (Å²) in [6.07, 6.45) is 6.71. The van der Waals surface area contributed by atoms with Crippen LogP contribution in [0.25, 0.3) is 0 Å². The molecule has 0 spiro atoms. The summed E-state index contributed by atoms with van der Waals surface area (Å²) in [4.78, 5) is 13.0. The van der Waals surface area contributed by atoms with Crippen LogP contribution in [-0.2, 0) is 0 Å². The number of Topliss-reactive ketones (excluding diaryl/α,β-unsaturated/α-hetero) is 1. The fraction of sp³-hybridized carbons (Fsp3) is 0.611. The van der Waals surface area contributed by atoms with E-state index >= 15 is 0 Å². The van der Waals surface area contributed by atoms with Gasteiger partial charge in [-0.05, 0) is 67.9 Å². The fourth-order valence-corrected chi connectivity index (χ4v) is 5.37. The quantitative estimate of drug-likeness (QED) is 0.841. The van der Waals surface area contributed by atoms with E-state index < -0.39 is 0 Å². The van der Waals surface area contributed by atoms with Gasteiger partial charge in [-0.25, -0.2) is 0 Å². The van der Waals surface area contributed by atoms with E-state index in [9.17, 15) is 4.79 Å². The van der Waals surface area contributed by atoms with Crippen LogP contribution in [0.15, 0.2) is 24.3 Å². The molecular formula is C18H23NO. The second-order valence-electron chi connectivity index (χ2n) is 7.15. The molecule has 1 aromatic carbocycles. The minimum Gasteiger partial charge on any atom is -0.388 e. The highest BCUT2D eigenvalue weighted by molar-refractivity contribution is 5.99. The van der Waals surface area contributed by atoms with Crippen LogP contribution in [0.4, 0.5) is 5.69 Å². The minimum absolute atomic E-state index is 0.315. The van der Waals surface area contributed by atoms with Crippen molar-refractivity contribution in [3.63, 3.8) is 0 Å². The molecule has 106 valence electrons. The summed E-state index contributed by atoms with van der Waals surface area (Å²) in [6, 6.07) is 8.03. The number of hydrogen-bond donors (Lipinski definition) is 1. The molecule has 0 saturated heterocycles. The normalized spacial score (nSPS) is 38.0. The lowest BCUT2D eigenvalue weighted by atomic mass is 9.51. The highest BCUT2D eigenvalue weighted by Gasteiger charge is 2.50. The van der Waals surface area contributed by atoms with Crippen molar-refractivity contribution in [1.29, 1.82) is 0 Å². The smallest absolute Gasteiger partial charge is 0.166 e. The Morgan fingerprint density at radius 2 is 1.70 bits per heavy atom. The molecule has 0 amide bonds. The molecule has 0 atom stereocenters. The van der Waals surface area contributed by atoms with Gasteiger partial charge in [-0.2, -0.15) is 0 Å². The first-order valence-electron chi connectivity index (χ1n) is 8.06. The van der Waals surface area contributed by atoms with Crippen molar-refractivity contribution in [1.82, 2.24) is 0 Å². The van der Waals surface area contributed by atoms with Crippen molar-refractivity contribution in [2.45, 2.75) is 32.1 Å². The van der Waals surface area contributed by atoms with Gasteiger partial charge in [-0.15, -0.1) is 0 Å². The van der Waals surface area contributed by atoms with Crippen LogP contribution in [0.1, 0.15) is 42.5 Å². The van der Waals surface area contributed by atoms with Gasteiger partial charge < -0.3 is 5.32 Å². The van der Waals surface area contributed by atoms with Crippen LogP contribution in [0, 0.1) is 29.6 Å². The van der Waals surface area contributed by atoms with E-state index in [2.05, 4.69) is 5.32 Å². The van der Waals surface area contributed by atoms with Gasteiger partial charge in [0.1, 0.15) is 0 Å². The van der Waals surface area contributed by atoms with Gasteiger partial charge in [0.05, 0.1) is 0 Å². The van der Waals surface area contributed by atoms with Crippen LogP contribution in [0.5, 0.6) is 0 Å². The second kappa shape index (κ2) is 4.61. The SMILES string of the molecule is CNc1cccc(C(=O)C2C3CC4CC(C3)CC2C4)c1. The third-order valence-corrected chi connectivity index (χ3v) is 5.97. The summed E-state index contributed by atoms with van der Waals surface area (Å²) in [5.41, 5.74) is 1.95. The Bertz CT molecular complexity index is 508. The number of anilines is 1. The molecule has 4 fully saturated rings. The lowest BCUT2D eigenvalue weighted by molar-refractivity contribution is -0.0251. The molecule has 2 nitrogen and oxygen atoms in total. The van der Waals surface area contributed by atoms with Gasteiger partial charge >= 0.3 is 0 Å². The Balaban J connectivity index is 1.62. The maximum absolute atomic E-state index is 13.0. The first-order valence-corrected chi connectivity index (χ1v) is 8.06. The van der Waals surface area contributed by atoms with Crippen LogP contribution in [-0.4, -0.2) is 12.8 Å². The van der Waals surface area contributed by atoms with Crippen molar-refractivity contribution in [2.24, 2.45) is 29.6 Å². The number of nitrogens with one attached hydrogen (secondary N) is 1. The molecular weight excluding hydrogens is 246 g/mol. The summed E-state index contributed by atoms with van der Waals surface area (Å²) in [6.45, 7) is 0. The lowest BCUT2D eigenvalue weighted by Gasteiger charge is -2.53. The van der Waals surface area contributed by atoms with Gasteiger partial charge in [0.25, 0.3) is 0 Å². The minimum atomic E-state index is 0.315. The Morgan fingerprint density at radius 3 is 2.30 bits per heavy atom. The molecule has 2 heteroatoms. The summed E-state index contributed by atoms with van der Waals surface area (Å²) in [7, 11) is 1.91. The van der Waals surface area contributed by atoms with Gasteiger partial charge in [0, 0.05) is 24.2 Å². The molecule has 4 bridgehead atoms. The van der Waals surface area contributed by atoms with E-state index in [0.29, 0.717) is 23.5 Å². The summed E-state index contributed by atoms with van der Waals surface area (Å²) < 4.78 is 0. The number of hydrogen-bond acceptors (Lipinski definition) is 2. The Kier molecular flexibility index (Phi) is 2.87. The van der Waals surface area contributed by atoms with Crippen molar-refractivity contribution >= 4 is 11.5 Å². The maximum Gasteiger partial charge on any atom is 0.166 e. The third kappa shape index (κ3) is 1.88. The third-order valence-electron chi connectivity index (χ3n) is 5.97. The standard InChI is InChI=1S/C18H23NO/c1-19-16-4-2-3-13(10-16)18(20)17-14-6-11-5-12(8-14)9-15(17)7-11/h2-4,10-12,14-15,17,19H,5-9H2,1H3. The average Bonchev–Trinajstić information content (AvgIpc) is 2.46. The van der Waals surface area contributed by atoms with Crippen LogP contribution >= 0.6 is 0 Å². The number of rotatable bonds is 3. The summed E-state index contributed by atoms with van der Waals surface area (Å²) in [5.74, 6) is 3.95. The predicted octanol–water partition coefficient (Wildman–Crippen LogP) is 3.98. The van der Waals surface area contributed by atoms with Gasteiger partial charge in [0.2, 0.25) is 0 Å². The van der Waals surface area contributed by atoms with E-state index in [4.69, 9.17) is 0 Å². The molecule has 0 radical (unpaired) electrons. The van der Waals surface area contributed by atoms with Crippen LogP contribution < -0.4 is 5.32 Å². The molecule has 4 aliphatic rings. The first kappa shape index (κ1) is 12.4. The van der Waals surface area contributed by atoms with Crippen molar-refractivity contribution in [3.05, 3.63) is 29.8 Å². The Morgan fingerprint density at radius 1 is 1.05 bits per heavy atom. The molecule has 0 heterocycles. The van der Waals surface area contributed by atoms with E-state index in [0.717, 1.165) is 23.1 Å². The molecule has 1 N–H and O–H groups in total. The van der Waals surface area contributed by atoms with E-state index in [1.165, 1.54) is 32.1 Å². The number of carbonyl (C=O) groups excluding carboxylic acids is 1. The summed E-state index contributed by atoms with van der Waals surface area (Å²) in [5, 5.41) is 3.14. The number of ketones is 1. The van der Waals surface area contributed by atoms with Gasteiger partial charge in [-0.1, -0.05) is 12.1 Å². The van der Waals surface area contributed by atoms with Crippen LogP contribution in [0.2, 0.25) is 0 Å². The van der Waals surface area contributed by atoms with Crippen molar-refractivity contribution in [2.75, 3.05) is 12.4 Å². The molecule has 4 aliphatic carbocycles. The largest absolute Gasteiger partial charge is 0.388 e. The van der Waals surface area contributed by atoms with Gasteiger partial charge in [-0.3, -0.25) is 4.79 Å². The zero-order valence-electron chi connectivity index (χ0n) is 12.1. The van der Waals surface area contributed by atoms with Gasteiger partial charge in [0.15, 0.2) is 5.78 Å². The van der Waals surface area contributed by atoms with E-state index in [-0.39, 0.29) is 0 Å². The monoisotopic (exact) mass is 269 g/mol. The molecule has 5 rings (SSSR count). The maximum atomic E-state index is 13.0. The lowest BCUT2D eigenvalue weighted by Crippen LogP contribution is -2.48. The predicted molar refractivity (Wildman–Crippen MR) is 80.9 cm³/mol. The van der Waals surface area contributed by atoms with E-state index in [1.54, 1.807) is 0 Å². The average molecular weight is 269 g/mol. The zero-order valence-corrected chi connectivity index (χ0v) is 12.1. The molecule has 0 unspecified atom stereocenters. The second-order valence-corrected chi connectivity index (χ2v) is 7.15. The van der Waals surface area contributed by atoms with Crippen molar-refractivity contribution in [3.8, 4) is 0 Å². The molecule has 0 aromatic heterocycles. The highest BCUT2D eigenvalue weighted by atomic mass is 16.1. The molecule has 0 aliphatic heterocycles. The van der Waals surface area contributed by atoms with Crippen LogP contribution in [0.3, 0.4) is 0 Å². The Hall–Kier alpha value is -1.31. The first-order chi connectivity index (χ1) is 9.74. The fourth-order valence-electron chi connectivity index (χ4n) is 5.37. The number of benzene rings is 1. The Labute approximate surface area is 121 Å². The molecule has 4 saturated carbocycles. The molecule has 20 heavy (non-hydrogen) atoms. The zero-order chi connectivity index (χ0) is 13.7. The topological polar surface area (TPSA) is 29.1 Å². The summed E-state index contributed by atoms with van der Waals surface area (Å²) >= 11 is 0. The number of carbonyl (C=O) groups is 1. The highest BCUT2D eigenvalue weighted by Crippen LogP contribution is 2.57.